The SMILES string of the molecule is COc1ccc(C(=O)N2CCC(NC(=O)c3ccncc3)CC2)cc1OC. The van der Waals surface area contributed by atoms with Gasteiger partial charge in [0.2, 0.25) is 0 Å². The Labute approximate surface area is 158 Å². The van der Waals surface area contributed by atoms with Gasteiger partial charge in [0.25, 0.3) is 11.8 Å². The van der Waals surface area contributed by atoms with Crippen molar-refractivity contribution >= 4 is 11.8 Å². The quantitative estimate of drug-likeness (QED) is 0.873. The number of carbonyl (C=O) groups excluding carboxylic acids is 2. The van der Waals surface area contributed by atoms with E-state index >= 15 is 0 Å². The summed E-state index contributed by atoms with van der Waals surface area (Å²) < 4.78 is 10.5. The van der Waals surface area contributed by atoms with E-state index in [-0.39, 0.29) is 17.9 Å². The molecule has 1 saturated heterocycles. The number of hydrogen-bond donors (Lipinski definition) is 1. The predicted molar refractivity (Wildman–Crippen MR) is 100 cm³/mol. The monoisotopic (exact) mass is 369 g/mol. The molecule has 3 rings (SSSR count). The summed E-state index contributed by atoms with van der Waals surface area (Å²) in [6.07, 6.45) is 4.63. The van der Waals surface area contributed by atoms with E-state index in [9.17, 15) is 9.59 Å². The van der Waals surface area contributed by atoms with E-state index in [1.165, 1.54) is 0 Å². The van der Waals surface area contributed by atoms with Gasteiger partial charge in [-0.2, -0.15) is 0 Å². The Hall–Kier alpha value is -3.09. The van der Waals surface area contributed by atoms with Crippen LogP contribution in [0.25, 0.3) is 0 Å². The minimum Gasteiger partial charge on any atom is -0.493 e. The van der Waals surface area contributed by atoms with Crippen LogP contribution in [0, 0.1) is 0 Å². The first-order valence-electron chi connectivity index (χ1n) is 8.84. The number of ether oxygens (including phenoxy) is 2. The number of nitrogens with zero attached hydrogens (tertiary/aromatic N) is 2. The summed E-state index contributed by atoms with van der Waals surface area (Å²) in [7, 11) is 3.10. The molecule has 0 radical (unpaired) electrons. The third-order valence-electron chi connectivity index (χ3n) is 4.69. The van der Waals surface area contributed by atoms with E-state index in [1.54, 1.807) is 61.8 Å². The van der Waals surface area contributed by atoms with E-state index in [2.05, 4.69) is 10.3 Å². The van der Waals surface area contributed by atoms with Crippen molar-refractivity contribution in [2.45, 2.75) is 18.9 Å². The number of carbonyl (C=O) groups is 2. The van der Waals surface area contributed by atoms with Crippen molar-refractivity contribution < 1.29 is 19.1 Å². The van der Waals surface area contributed by atoms with Crippen LogP contribution in [-0.4, -0.2) is 55.0 Å². The standard InChI is InChI=1S/C20H23N3O4/c1-26-17-4-3-15(13-18(17)27-2)20(25)23-11-7-16(8-12-23)22-19(24)14-5-9-21-10-6-14/h3-6,9-10,13,16H,7-8,11-12H2,1-2H3,(H,22,24). The summed E-state index contributed by atoms with van der Waals surface area (Å²) in [4.78, 5) is 30.7. The van der Waals surface area contributed by atoms with Gasteiger partial charge in [0.15, 0.2) is 11.5 Å². The highest BCUT2D eigenvalue weighted by molar-refractivity contribution is 5.95. The molecule has 142 valence electrons. The second kappa shape index (κ2) is 8.53. The topological polar surface area (TPSA) is 80.8 Å². The van der Waals surface area contributed by atoms with Gasteiger partial charge >= 0.3 is 0 Å². The zero-order chi connectivity index (χ0) is 19.2. The molecule has 0 unspecified atom stereocenters. The maximum absolute atomic E-state index is 12.8. The van der Waals surface area contributed by atoms with Crippen molar-refractivity contribution in [2.75, 3.05) is 27.3 Å². The van der Waals surface area contributed by atoms with E-state index < -0.39 is 0 Å². The number of hydrogen-bond acceptors (Lipinski definition) is 5. The zero-order valence-corrected chi connectivity index (χ0v) is 15.5. The Balaban J connectivity index is 1.57. The molecule has 7 heteroatoms. The lowest BCUT2D eigenvalue weighted by atomic mass is 10.0. The van der Waals surface area contributed by atoms with Crippen molar-refractivity contribution in [2.24, 2.45) is 0 Å². The normalized spacial score (nSPS) is 14.5. The van der Waals surface area contributed by atoms with Crippen molar-refractivity contribution in [3.63, 3.8) is 0 Å². The molecule has 1 N–H and O–H groups in total. The highest BCUT2D eigenvalue weighted by Gasteiger charge is 2.25. The zero-order valence-electron chi connectivity index (χ0n) is 15.5. The molecule has 1 aromatic heterocycles. The number of nitrogens with one attached hydrogen (secondary N) is 1. The minimum absolute atomic E-state index is 0.0464. The first-order valence-corrected chi connectivity index (χ1v) is 8.84. The van der Waals surface area contributed by atoms with Crippen LogP contribution in [0.3, 0.4) is 0 Å². The summed E-state index contributed by atoms with van der Waals surface area (Å²) in [6.45, 7) is 1.18. The lowest BCUT2D eigenvalue weighted by Gasteiger charge is -2.32. The molecule has 0 atom stereocenters. The molecule has 1 aliphatic heterocycles. The molecule has 2 heterocycles. The molecule has 2 aromatic rings. The van der Waals surface area contributed by atoms with Gasteiger partial charge in [0.1, 0.15) is 0 Å². The van der Waals surface area contributed by atoms with Crippen molar-refractivity contribution in [3.05, 3.63) is 53.9 Å². The Kier molecular flexibility index (Phi) is 5.90. The second-order valence-electron chi connectivity index (χ2n) is 6.35. The fourth-order valence-electron chi connectivity index (χ4n) is 3.15. The molecule has 0 saturated carbocycles. The lowest BCUT2D eigenvalue weighted by Crippen LogP contribution is -2.46. The Morgan fingerprint density at radius 3 is 2.30 bits per heavy atom. The van der Waals surface area contributed by atoms with Crippen molar-refractivity contribution in [3.8, 4) is 11.5 Å². The molecular formula is C20H23N3O4. The van der Waals surface area contributed by atoms with Crippen molar-refractivity contribution in [1.29, 1.82) is 0 Å². The summed E-state index contributed by atoms with van der Waals surface area (Å²) in [5.41, 5.74) is 1.15. The van der Waals surface area contributed by atoms with Gasteiger partial charge in [-0.25, -0.2) is 0 Å². The third kappa shape index (κ3) is 4.36. The number of methoxy groups -OCH3 is 2. The summed E-state index contributed by atoms with van der Waals surface area (Å²) in [5.74, 6) is 0.964. The molecule has 2 amide bonds. The number of benzene rings is 1. The Morgan fingerprint density at radius 2 is 1.67 bits per heavy atom. The average molecular weight is 369 g/mol. The van der Waals surface area contributed by atoms with Gasteiger partial charge in [-0.05, 0) is 43.2 Å². The number of pyridine rings is 1. The summed E-state index contributed by atoms with van der Waals surface area (Å²) in [6, 6.07) is 8.59. The van der Waals surface area contributed by atoms with Crippen LogP contribution in [0.15, 0.2) is 42.7 Å². The molecule has 1 fully saturated rings. The van der Waals surface area contributed by atoms with E-state index in [0.29, 0.717) is 35.7 Å². The third-order valence-corrected chi connectivity index (χ3v) is 4.69. The van der Waals surface area contributed by atoms with Crippen LogP contribution in [0.2, 0.25) is 0 Å². The number of rotatable bonds is 5. The molecule has 1 aromatic carbocycles. The van der Waals surface area contributed by atoms with E-state index in [0.717, 1.165) is 12.8 Å². The first kappa shape index (κ1) is 18.7. The van der Waals surface area contributed by atoms with E-state index in [1.807, 2.05) is 0 Å². The smallest absolute Gasteiger partial charge is 0.253 e. The van der Waals surface area contributed by atoms with Crippen LogP contribution in [-0.2, 0) is 0 Å². The van der Waals surface area contributed by atoms with Gasteiger partial charge in [-0.3, -0.25) is 14.6 Å². The predicted octanol–water partition coefficient (Wildman–Crippen LogP) is 2.13. The van der Waals surface area contributed by atoms with Crippen LogP contribution >= 0.6 is 0 Å². The largest absolute Gasteiger partial charge is 0.493 e. The molecular weight excluding hydrogens is 346 g/mol. The lowest BCUT2D eigenvalue weighted by molar-refractivity contribution is 0.0697. The summed E-state index contributed by atoms with van der Waals surface area (Å²) >= 11 is 0. The molecule has 1 aliphatic rings. The Bertz CT molecular complexity index is 802. The molecule has 27 heavy (non-hydrogen) atoms. The first-order chi connectivity index (χ1) is 13.1. The van der Waals surface area contributed by atoms with E-state index in [4.69, 9.17) is 9.47 Å². The number of aromatic nitrogens is 1. The molecule has 0 bridgehead atoms. The van der Waals surface area contributed by atoms with Crippen LogP contribution in [0.1, 0.15) is 33.6 Å². The number of likely N-dealkylation sites (tertiary alicyclic amines) is 1. The van der Waals surface area contributed by atoms with Gasteiger partial charge < -0.3 is 19.7 Å². The molecule has 0 aliphatic carbocycles. The number of amides is 2. The van der Waals surface area contributed by atoms with Gasteiger partial charge in [0, 0.05) is 42.7 Å². The maximum Gasteiger partial charge on any atom is 0.253 e. The van der Waals surface area contributed by atoms with Gasteiger partial charge in [-0.1, -0.05) is 0 Å². The average Bonchev–Trinajstić information content (AvgIpc) is 2.73. The molecule has 7 nitrogen and oxygen atoms in total. The van der Waals surface area contributed by atoms with Crippen molar-refractivity contribution in [1.82, 2.24) is 15.2 Å². The van der Waals surface area contributed by atoms with Crippen LogP contribution < -0.4 is 14.8 Å². The van der Waals surface area contributed by atoms with Crippen LogP contribution in [0.4, 0.5) is 0 Å². The van der Waals surface area contributed by atoms with Gasteiger partial charge in [-0.15, -0.1) is 0 Å². The van der Waals surface area contributed by atoms with Gasteiger partial charge in [0.05, 0.1) is 14.2 Å². The fourth-order valence-corrected chi connectivity index (χ4v) is 3.15. The summed E-state index contributed by atoms with van der Waals surface area (Å²) in [5, 5.41) is 3.03. The number of piperidine rings is 1. The fraction of sp³-hybridized carbons (Fsp3) is 0.350. The highest BCUT2D eigenvalue weighted by Crippen LogP contribution is 2.28. The maximum atomic E-state index is 12.8. The second-order valence-corrected chi connectivity index (χ2v) is 6.35. The highest BCUT2D eigenvalue weighted by atomic mass is 16.5. The molecule has 0 spiro atoms. The minimum atomic E-state index is -0.109. The van der Waals surface area contributed by atoms with Crippen LogP contribution in [0.5, 0.6) is 11.5 Å². The Morgan fingerprint density at radius 1 is 1.00 bits per heavy atom.